The fraction of sp³-hybridized carbons (Fsp3) is 0.333. The van der Waals surface area contributed by atoms with Crippen molar-refractivity contribution < 1.29 is 29.5 Å². The van der Waals surface area contributed by atoms with Crippen LogP contribution in [0.3, 0.4) is 0 Å². The van der Waals surface area contributed by atoms with Crippen LogP contribution in [0.2, 0.25) is 0 Å². The van der Waals surface area contributed by atoms with Gasteiger partial charge in [0.2, 0.25) is 0 Å². The minimum absolute atomic E-state index is 0.0500. The third-order valence-corrected chi connectivity index (χ3v) is 7.76. The Balaban J connectivity index is 1.58. The first-order valence-corrected chi connectivity index (χ1v) is 12.3. The Hall–Kier alpha value is -4.58. The number of aromatic amines is 1. The number of fused-ring (bicyclic) bond motifs is 3. The van der Waals surface area contributed by atoms with E-state index in [9.17, 15) is 39.5 Å². The first-order chi connectivity index (χ1) is 18.4. The number of aryl methyl sites for hydroxylation is 1. The van der Waals surface area contributed by atoms with Crippen molar-refractivity contribution in [3.8, 4) is 11.1 Å². The quantitative estimate of drug-likeness (QED) is 0.189. The number of hydrogen-bond acceptors (Lipinski definition) is 8. The summed E-state index contributed by atoms with van der Waals surface area (Å²) < 4.78 is 6.32. The molecule has 0 aliphatic heterocycles. The molecule has 2 aromatic carbocycles. The highest BCUT2D eigenvalue weighted by molar-refractivity contribution is 6.22. The number of nitro groups is 1. The maximum atomic E-state index is 12.9. The molecule has 2 aliphatic carbocycles. The average Bonchev–Trinajstić information content (AvgIpc) is 3.37. The molecular formula is C27H25N3O9. The summed E-state index contributed by atoms with van der Waals surface area (Å²) in [4.78, 5) is 63.8. The Morgan fingerprint density at radius 3 is 2.51 bits per heavy atom. The number of ether oxygens (including phenoxy) is 1. The van der Waals surface area contributed by atoms with E-state index in [0.717, 1.165) is 10.6 Å². The molecule has 12 nitrogen and oxygen atoms in total. The summed E-state index contributed by atoms with van der Waals surface area (Å²) in [7, 11) is 0. The van der Waals surface area contributed by atoms with Gasteiger partial charge in [0.25, 0.3) is 11.2 Å². The van der Waals surface area contributed by atoms with Crippen molar-refractivity contribution in [2.45, 2.75) is 50.9 Å². The Morgan fingerprint density at radius 1 is 1.15 bits per heavy atom. The standard InChI is InChI=1S/C27H25N3O9/c1-13-12-28-25(34)29(24(13)33)15-7-14(22(31)8-15)11-27(2,39-26(35)36)20-9-18-16-5-3-4-6-17(16)23(32)19(18)10-21(20)30(37)38/h3-6,9-10,12,14-15,22,31H,7-8,11H2,1-2H3,(H,28,34)(H,35,36)/t14-,15-,22-,27?/m1/s1. The minimum Gasteiger partial charge on any atom is -0.450 e. The molecule has 0 bridgehead atoms. The maximum Gasteiger partial charge on any atom is 0.506 e. The first-order valence-electron chi connectivity index (χ1n) is 12.3. The van der Waals surface area contributed by atoms with Gasteiger partial charge in [-0.2, -0.15) is 0 Å². The van der Waals surface area contributed by atoms with Crippen LogP contribution in [0, 0.1) is 23.0 Å². The molecular weight excluding hydrogens is 510 g/mol. The van der Waals surface area contributed by atoms with Crippen LogP contribution >= 0.6 is 0 Å². The molecule has 4 atom stereocenters. The van der Waals surface area contributed by atoms with E-state index in [-0.39, 0.29) is 36.2 Å². The third kappa shape index (κ3) is 4.32. The lowest BCUT2D eigenvalue weighted by atomic mass is 9.82. The van der Waals surface area contributed by atoms with Gasteiger partial charge in [0.15, 0.2) is 5.78 Å². The molecule has 2 aliphatic rings. The van der Waals surface area contributed by atoms with Crippen molar-refractivity contribution in [2.75, 3.05) is 0 Å². The van der Waals surface area contributed by atoms with Crippen LogP contribution in [0.1, 0.15) is 59.3 Å². The van der Waals surface area contributed by atoms with Crippen LogP contribution in [-0.2, 0) is 10.3 Å². The molecule has 3 aromatic rings. The molecule has 39 heavy (non-hydrogen) atoms. The number of aliphatic hydroxyl groups is 1. The van der Waals surface area contributed by atoms with Gasteiger partial charge in [-0.3, -0.25) is 24.3 Å². The predicted molar refractivity (Wildman–Crippen MR) is 137 cm³/mol. The molecule has 12 heteroatoms. The smallest absolute Gasteiger partial charge is 0.450 e. The molecule has 0 amide bonds. The maximum absolute atomic E-state index is 12.9. The second kappa shape index (κ2) is 9.31. The monoisotopic (exact) mass is 535 g/mol. The van der Waals surface area contributed by atoms with Crippen molar-refractivity contribution in [3.63, 3.8) is 0 Å². The molecule has 0 spiro atoms. The normalized spacial score (nSPS) is 21.2. The zero-order valence-electron chi connectivity index (χ0n) is 21.0. The van der Waals surface area contributed by atoms with E-state index < -0.39 is 51.7 Å². The zero-order valence-corrected chi connectivity index (χ0v) is 21.0. The molecule has 1 fully saturated rings. The van der Waals surface area contributed by atoms with Crippen molar-refractivity contribution in [1.29, 1.82) is 0 Å². The largest absolute Gasteiger partial charge is 0.506 e. The van der Waals surface area contributed by atoms with Crippen molar-refractivity contribution >= 4 is 17.6 Å². The summed E-state index contributed by atoms with van der Waals surface area (Å²) in [5.41, 5.74) is -1.71. The summed E-state index contributed by atoms with van der Waals surface area (Å²) in [6.07, 6.45) is -1.42. The van der Waals surface area contributed by atoms with Gasteiger partial charge in [-0.05, 0) is 56.2 Å². The summed E-state index contributed by atoms with van der Waals surface area (Å²) in [5, 5.41) is 32.7. The number of nitro benzene ring substituents is 1. The highest BCUT2D eigenvalue weighted by Gasteiger charge is 2.46. The summed E-state index contributed by atoms with van der Waals surface area (Å²) in [6.45, 7) is 2.93. The van der Waals surface area contributed by atoms with Gasteiger partial charge in [-0.1, -0.05) is 24.3 Å². The minimum atomic E-state index is -1.81. The molecule has 5 rings (SSSR count). The lowest BCUT2D eigenvalue weighted by Crippen LogP contribution is -2.38. The zero-order chi connectivity index (χ0) is 28.2. The predicted octanol–water partition coefficient (Wildman–Crippen LogP) is 3.28. The summed E-state index contributed by atoms with van der Waals surface area (Å²) >= 11 is 0. The number of carboxylic acid groups (broad SMARTS) is 1. The highest BCUT2D eigenvalue weighted by atomic mass is 16.7. The third-order valence-electron chi connectivity index (χ3n) is 7.76. The molecule has 1 heterocycles. The number of hydrogen-bond donors (Lipinski definition) is 3. The molecule has 1 unspecified atom stereocenters. The van der Waals surface area contributed by atoms with E-state index in [4.69, 9.17) is 4.74 Å². The number of nitrogens with one attached hydrogen (secondary N) is 1. The van der Waals surface area contributed by atoms with Gasteiger partial charge in [0, 0.05) is 35.0 Å². The Labute approximate surface area is 220 Å². The number of rotatable bonds is 6. The van der Waals surface area contributed by atoms with Crippen molar-refractivity contribution in [1.82, 2.24) is 9.55 Å². The highest BCUT2D eigenvalue weighted by Crippen LogP contribution is 2.48. The van der Waals surface area contributed by atoms with Gasteiger partial charge in [0.1, 0.15) is 5.60 Å². The molecule has 1 aromatic heterocycles. The van der Waals surface area contributed by atoms with E-state index in [1.807, 2.05) is 0 Å². The number of aliphatic hydroxyl groups excluding tert-OH is 1. The van der Waals surface area contributed by atoms with Gasteiger partial charge in [-0.15, -0.1) is 0 Å². The first kappa shape index (κ1) is 26.0. The van der Waals surface area contributed by atoms with Gasteiger partial charge >= 0.3 is 11.8 Å². The van der Waals surface area contributed by atoms with Gasteiger partial charge in [-0.25, -0.2) is 9.59 Å². The van der Waals surface area contributed by atoms with E-state index in [2.05, 4.69) is 4.98 Å². The number of nitrogens with zero attached hydrogens (tertiary/aromatic N) is 2. The van der Waals surface area contributed by atoms with E-state index in [1.165, 1.54) is 19.2 Å². The summed E-state index contributed by atoms with van der Waals surface area (Å²) in [5.74, 6) is -1.05. The van der Waals surface area contributed by atoms with Crippen LogP contribution in [0.4, 0.5) is 10.5 Å². The second-order valence-corrected chi connectivity index (χ2v) is 10.3. The van der Waals surface area contributed by atoms with Crippen LogP contribution in [0.15, 0.2) is 52.2 Å². The Morgan fingerprint density at radius 2 is 1.85 bits per heavy atom. The SMILES string of the molecule is Cc1c[nH]c(=O)n([C@@H]2C[C@H](CC(C)(OC(=O)O)c3cc4c(cc3[N+](=O)[O-])C(=O)c3ccccc3-4)[C@H](O)C2)c1=O. The topological polar surface area (TPSA) is 182 Å². The number of ketones is 1. The van der Waals surface area contributed by atoms with Crippen LogP contribution < -0.4 is 11.2 Å². The molecule has 0 radical (unpaired) electrons. The Bertz CT molecular complexity index is 1660. The summed E-state index contributed by atoms with van der Waals surface area (Å²) in [6, 6.07) is 8.59. The van der Waals surface area contributed by atoms with E-state index >= 15 is 0 Å². The number of aromatic nitrogens is 2. The van der Waals surface area contributed by atoms with Crippen LogP contribution in [0.5, 0.6) is 0 Å². The molecule has 202 valence electrons. The van der Waals surface area contributed by atoms with Crippen LogP contribution in [-0.4, -0.2) is 42.7 Å². The molecule has 3 N–H and O–H groups in total. The number of benzene rings is 2. The second-order valence-electron chi connectivity index (χ2n) is 10.3. The lowest BCUT2D eigenvalue weighted by Gasteiger charge is -2.32. The number of carbonyl (C=O) groups is 2. The lowest BCUT2D eigenvalue weighted by molar-refractivity contribution is -0.386. The van der Waals surface area contributed by atoms with E-state index in [0.29, 0.717) is 22.3 Å². The van der Waals surface area contributed by atoms with Gasteiger partial charge in [0.05, 0.1) is 16.6 Å². The average molecular weight is 536 g/mol. The van der Waals surface area contributed by atoms with E-state index in [1.54, 1.807) is 31.2 Å². The van der Waals surface area contributed by atoms with Crippen molar-refractivity contribution in [2.24, 2.45) is 5.92 Å². The number of carbonyl (C=O) groups excluding carboxylic acids is 1. The fourth-order valence-electron chi connectivity index (χ4n) is 5.95. The van der Waals surface area contributed by atoms with Crippen LogP contribution in [0.25, 0.3) is 11.1 Å². The number of H-pyrrole nitrogens is 1. The fourth-order valence-corrected chi connectivity index (χ4v) is 5.95. The molecule has 1 saturated carbocycles. The van der Waals surface area contributed by atoms with Crippen molar-refractivity contribution in [3.05, 3.63) is 95.8 Å². The Kier molecular flexibility index (Phi) is 6.22. The molecule has 0 saturated heterocycles. The van der Waals surface area contributed by atoms with Gasteiger partial charge < -0.3 is 19.9 Å².